The predicted molar refractivity (Wildman–Crippen MR) is 96.2 cm³/mol. The molecule has 0 unspecified atom stereocenters. The van der Waals surface area contributed by atoms with Crippen LogP contribution in [0, 0.1) is 0 Å². The quantitative estimate of drug-likeness (QED) is 0.546. The Balaban J connectivity index is 2.38. The van der Waals surface area contributed by atoms with Gasteiger partial charge in [-0.25, -0.2) is 14.8 Å². The number of nitrogens with zero attached hydrogens (tertiary/aromatic N) is 3. The van der Waals surface area contributed by atoms with Crippen LogP contribution in [0.5, 0.6) is 0 Å². The lowest BCUT2D eigenvalue weighted by atomic mass is 10.2. The van der Waals surface area contributed by atoms with Crippen LogP contribution >= 0.6 is 31.9 Å². The van der Waals surface area contributed by atoms with Crippen LogP contribution in [0.2, 0.25) is 0 Å². The van der Waals surface area contributed by atoms with E-state index >= 15 is 0 Å². The first-order valence-electron chi connectivity index (χ1n) is 6.79. The first kappa shape index (κ1) is 17.7. The molecule has 0 aliphatic rings. The van der Waals surface area contributed by atoms with Gasteiger partial charge in [-0.1, -0.05) is 0 Å². The van der Waals surface area contributed by atoms with Gasteiger partial charge in [0.15, 0.2) is 0 Å². The highest BCUT2D eigenvalue weighted by atomic mass is 79.9. The Hall–Kier alpha value is -1.67. The van der Waals surface area contributed by atoms with Crippen molar-refractivity contribution in [3.8, 4) is 0 Å². The summed E-state index contributed by atoms with van der Waals surface area (Å²) >= 11 is 6.70. The standard InChI is InChI=1S/C15H16Br2N4O2/c1-15(2,3)23-14(22)21(11-7-5-9-19-13(11)17)20-10-6-4-8-18-12(10)16/h4-9,20H,1-3H3. The van der Waals surface area contributed by atoms with Crippen LogP contribution in [0.15, 0.2) is 45.9 Å². The molecule has 1 amide bonds. The van der Waals surface area contributed by atoms with Crippen molar-refractivity contribution in [2.45, 2.75) is 26.4 Å². The number of anilines is 2. The molecule has 0 bridgehead atoms. The Morgan fingerprint density at radius 1 is 1.13 bits per heavy atom. The fraction of sp³-hybridized carbons (Fsp3) is 0.267. The highest BCUT2D eigenvalue weighted by molar-refractivity contribution is 9.10. The number of ether oxygens (including phenoxy) is 1. The Kier molecular flexibility index (Phi) is 5.59. The van der Waals surface area contributed by atoms with E-state index in [1.54, 1.807) is 57.4 Å². The average molecular weight is 444 g/mol. The normalized spacial score (nSPS) is 11.0. The first-order chi connectivity index (χ1) is 10.8. The van der Waals surface area contributed by atoms with Crippen LogP contribution in [0.25, 0.3) is 0 Å². The van der Waals surface area contributed by atoms with Crippen LogP contribution in [0.4, 0.5) is 16.2 Å². The van der Waals surface area contributed by atoms with E-state index < -0.39 is 11.7 Å². The third-order valence-electron chi connectivity index (χ3n) is 2.55. The van der Waals surface area contributed by atoms with Gasteiger partial charge in [0.1, 0.15) is 20.5 Å². The van der Waals surface area contributed by atoms with E-state index in [1.807, 2.05) is 0 Å². The molecule has 2 rings (SSSR count). The highest BCUT2D eigenvalue weighted by Gasteiger charge is 2.26. The Morgan fingerprint density at radius 2 is 1.74 bits per heavy atom. The predicted octanol–water partition coefficient (Wildman–Crippen LogP) is 4.77. The Bertz CT molecular complexity index is 704. The summed E-state index contributed by atoms with van der Waals surface area (Å²) in [5, 5.41) is 1.28. The maximum atomic E-state index is 12.6. The molecule has 0 aromatic carbocycles. The number of halogens is 2. The van der Waals surface area contributed by atoms with Gasteiger partial charge in [0, 0.05) is 12.4 Å². The summed E-state index contributed by atoms with van der Waals surface area (Å²) < 4.78 is 6.55. The second-order valence-corrected chi connectivity index (χ2v) is 7.08. The number of hydrogen-bond acceptors (Lipinski definition) is 5. The molecule has 0 atom stereocenters. The summed E-state index contributed by atoms with van der Waals surface area (Å²) in [6.07, 6.45) is 2.72. The van der Waals surface area contributed by atoms with Gasteiger partial charge in [0.2, 0.25) is 0 Å². The maximum Gasteiger partial charge on any atom is 0.434 e. The summed E-state index contributed by atoms with van der Waals surface area (Å²) in [6, 6.07) is 7.03. The van der Waals surface area contributed by atoms with E-state index in [1.165, 1.54) is 5.01 Å². The van der Waals surface area contributed by atoms with Gasteiger partial charge in [-0.15, -0.1) is 0 Å². The number of hydrazine groups is 1. The van der Waals surface area contributed by atoms with Gasteiger partial charge >= 0.3 is 6.09 Å². The summed E-state index contributed by atoms with van der Waals surface area (Å²) in [4.78, 5) is 20.9. The Labute approximate surface area is 151 Å². The van der Waals surface area contributed by atoms with Crippen LogP contribution < -0.4 is 10.4 Å². The molecule has 122 valence electrons. The van der Waals surface area contributed by atoms with E-state index in [9.17, 15) is 4.79 Å². The molecule has 0 aliphatic heterocycles. The van der Waals surface area contributed by atoms with E-state index in [0.29, 0.717) is 20.6 Å². The second-order valence-electron chi connectivity index (χ2n) is 5.58. The molecule has 23 heavy (non-hydrogen) atoms. The van der Waals surface area contributed by atoms with Crippen LogP contribution in [0.1, 0.15) is 20.8 Å². The lowest BCUT2D eigenvalue weighted by molar-refractivity contribution is 0.0588. The van der Waals surface area contributed by atoms with Gasteiger partial charge in [-0.05, 0) is 76.9 Å². The SMILES string of the molecule is CC(C)(C)OC(=O)N(Nc1cccnc1Br)c1cccnc1Br. The number of pyridine rings is 2. The topological polar surface area (TPSA) is 67.3 Å². The molecule has 0 spiro atoms. The molecule has 2 aromatic heterocycles. The molecule has 6 nitrogen and oxygen atoms in total. The van der Waals surface area contributed by atoms with Crippen molar-refractivity contribution in [2.24, 2.45) is 0 Å². The number of rotatable bonds is 3. The number of amides is 1. The average Bonchev–Trinajstić information content (AvgIpc) is 2.45. The molecular formula is C15H16Br2N4O2. The molecule has 8 heteroatoms. The third kappa shape index (κ3) is 4.90. The van der Waals surface area contributed by atoms with Crippen LogP contribution in [-0.4, -0.2) is 21.7 Å². The maximum absolute atomic E-state index is 12.6. The number of aromatic nitrogens is 2. The second kappa shape index (κ2) is 7.27. The highest BCUT2D eigenvalue weighted by Crippen LogP contribution is 2.28. The minimum Gasteiger partial charge on any atom is -0.442 e. The van der Waals surface area contributed by atoms with Crippen LogP contribution in [0.3, 0.4) is 0 Å². The minimum atomic E-state index is -0.627. The number of hydrogen-bond donors (Lipinski definition) is 1. The van der Waals surface area contributed by atoms with Gasteiger partial charge in [0.25, 0.3) is 0 Å². The number of carbonyl (C=O) groups excluding carboxylic acids is 1. The zero-order valence-electron chi connectivity index (χ0n) is 12.9. The summed E-state index contributed by atoms with van der Waals surface area (Å²) in [6.45, 7) is 5.42. The molecule has 0 radical (unpaired) electrons. The van der Waals surface area contributed by atoms with Crippen molar-refractivity contribution in [1.29, 1.82) is 0 Å². The molecule has 0 saturated carbocycles. The molecule has 0 aliphatic carbocycles. The smallest absolute Gasteiger partial charge is 0.434 e. The van der Waals surface area contributed by atoms with Gasteiger partial charge < -0.3 is 4.74 Å². The monoisotopic (exact) mass is 442 g/mol. The lowest BCUT2D eigenvalue weighted by Gasteiger charge is -2.28. The van der Waals surface area contributed by atoms with Gasteiger partial charge in [-0.3, -0.25) is 5.43 Å². The molecule has 0 saturated heterocycles. The summed E-state index contributed by atoms with van der Waals surface area (Å²) in [5.74, 6) is 0. The zero-order chi connectivity index (χ0) is 17.0. The fourth-order valence-electron chi connectivity index (χ4n) is 1.65. The van der Waals surface area contributed by atoms with Crippen molar-refractivity contribution in [3.63, 3.8) is 0 Å². The molecule has 0 fully saturated rings. The van der Waals surface area contributed by atoms with Gasteiger partial charge in [0.05, 0.1) is 5.69 Å². The largest absolute Gasteiger partial charge is 0.442 e. The minimum absolute atomic E-state index is 0.512. The van der Waals surface area contributed by atoms with E-state index in [2.05, 4.69) is 47.3 Å². The fourth-order valence-corrected chi connectivity index (χ4v) is 2.41. The van der Waals surface area contributed by atoms with Gasteiger partial charge in [-0.2, -0.15) is 5.01 Å². The van der Waals surface area contributed by atoms with Crippen molar-refractivity contribution in [2.75, 3.05) is 10.4 Å². The molecule has 1 N–H and O–H groups in total. The van der Waals surface area contributed by atoms with Crippen molar-refractivity contribution >= 4 is 49.3 Å². The summed E-state index contributed by atoms with van der Waals surface area (Å²) in [7, 11) is 0. The molecular weight excluding hydrogens is 428 g/mol. The number of nitrogens with one attached hydrogen (secondary N) is 1. The zero-order valence-corrected chi connectivity index (χ0v) is 16.1. The van der Waals surface area contributed by atoms with E-state index in [-0.39, 0.29) is 0 Å². The van der Waals surface area contributed by atoms with E-state index in [0.717, 1.165) is 0 Å². The van der Waals surface area contributed by atoms with Crippen molar-refractivity contribution in [3.05, 3.63) is 45.9 Å². The summed E-state index contributed by atoms with van der Waals surface area (Å²) in [5.41, 5.74) is 3.52. The van der Waals surface area contributed by atoms with Crippen LogP contribution in [-0.2, 0) is 4.74 Å². The third-order valence-corrected chi connectivity index (χ3v) is 3.79. The molecule has 2 heterocycles. The first-order valence-corrected chi connectivity index (χ1v) is 8.37. The molecule has 2 aromatic rings. The van der Waals surface area contributed by atoms with Crippen molar-refractivity contribution in [1.82, 2.24) is 9.97 Å². The van der Waals surface area contributed by atoms with E-state index in [4.69, 9.17) is 4.74 Å². The Morgan fingerprint density at radius 3 is 2.30 bits per heavy atom. The number of carbonyl (C=O) groups is 1. The van der Waals surface area contributed by atoms with Crippen molar-refractivity contribution < 1.29 is 9.53 Å². The lowest BCUT2D eigenvalue weighted by Crippen LogP contribution is -2.41.